The molecule has 0 aliphatic carbocycles. The Morgan fingerprint density at radius 3 is 2.43 bits per heavy atom. The number of hydrogen-bond acceptors (Lipinski definition) is 5. The number of carbonyl (C=O) groups is 1. The van der Waals surface area contributed by atoms with Gasteiger partial charge in [0.05, 0.1) is 0 Å². The molecule has 0 aliphatic rings. The molecule has 35 heavy (non-hydrogen) atoms. The van der Waals surface area contributed by atoms with Gasteiger partial charge in [-0.05, 0) is 77.6 Å². The molecule has 1 aromatic heterocycles. The zero-order valence-corrected chi connectivity index (χ0v) is 20.9. The molecule has 1 heterocycles. The van der Waals surface area contributed by atoms with Crippen molar-refractivity contribution < 1.29 is 13.9 Å². The van der Waals surface area contributed by atoms with E-state index in [4.69, 9.17) is 21.4 Å². The van der Waals surface area contributed by atoms with Crippen LogP contribution in [0.5, 0.6) is 5.75 Å². The summed E-state index contributed by atoms with van der Waals surface area (Å²) in [5, 5.41) is 5.87. The maximum atomic E-state index is 12.2. The SMILES string of the molecule is CCc1ccc2oc(Cc3ccc(NC(=S)NC(=O)COc4ccc(C(C)C)cc4)cc3)nc2c1. The number of anilines is 1. The molecule has 7 heteroatoms. The molecule has 4 rings (SSSR count). The molecule has 0 bridgehead atoms. The molecular weight excluding hydrogens is 458 g/mol. The van der Waals surface area contributed by atoms with Crippen molar-refractivity contribution in [1.29, 1.82) is 0 Å². The molecule has 1 amide bonds. The molecule has 180 valence electrons. The first kappa shape index (κ1) is 24.4. The third-order valence-electron chi connectivity index (χ3n) is 5.64. The van der Waals surface area contributed by atoms with Crippen LogP contribution in [0.4, 0.5) is 5.69 Å². The highest BCUT2D eigenvalue weighted by atomic mass is 32.1. The van der Waals surface area contributed by atoms with Crippen LogP contribution in [0.25, 0.3) is 11.1 Å². The predicted molar refractivity (Wildman–Crippen MR) is 143 cm³/mol. The van der Waals surface area contributed by atoms with Gasteiger partial charge in [-0.2, -0.15) is 0 Å². The molecule has 0 radical (unpaired) electrons. The highest BCUT2D eigenvalue weighted by Gasteiger charge is 2.09. The predicted octanol–water partition coefficient (Wildman–Crippen LogP) is 6.00. The van der Waals surface area contributed by atoms with Gasteiger partial charge in [0, 0.05) is 12.1 Å². The van der Waals surface area contributed by atoms with Crippen molar-refractivity contribution in [3.05, 3.63) is 89.3 Å². The minimum absolute atomic E-state index is 0.119. The van der Waals surface area contributed by atoms with E-state index in [0.717, 1.165) is 28.8 Å². The fourth-order valence-electron chi connectivity index (χ4n) is 3.62. The Kier molecular flexibility index (Phi) is 7.77. The highest BCUT2D eigenvalue weighted by Crippen LogP contribution is 2.21. The van der Waals surface area contributed by atoms with E-state index in [2.05, 4.69) is 48.5 Å². The van der Waals surface area contributed by atoms with Gasteiger partial charge in [0.25, 0.3) is 5.91 Å². The minimum Gasteiger partial charge on any atom is -0.484 e. The van der Waals surface area contributed by atoms with E-state index in [9.17, 15) is 4.79 Å². The Labute approximate surface area is 210 Å². The quantitative estimate of drug-likeness (QED) is 0.297. The topological polar surface area (TPSA) is 76.4 Å². The summed E-state index contributed by atoms with van der Waals surface area (Å²) in [6, 6.07) is 21.6. The van der Waals surface area contributed by atoms with Crippen LogP contribution in [0, 0.1) is 0 Å². The average molecular weight is 488 g/mol. The Balaban J connectivity index is 1.25. The monoisotopic (exact) mass is 487 g/mol. The summed E-state index contributed by atoms with van der Waals surface area (Å²) < 4.78 is 11.4. The van der Waals surface area contributed by atoms with Crippen LogP contribution >= 0.6 is 12.2 Å². The Morgan fingerprint density at radius 2 is 1.74 bits per heavy atom. The summed E-state index contributed by atoms with van der Waals surface area (Å²) in [5.74, 6) is 1.44. The molecule has 6 nitrogen and oxygen atoms in total. The summed E-state index contributed by atoms with van der Waals surface area (Å²) in [5.41, 5.74) is 5.97. The molecular formula is C28H29N3O3S. The van der Waals surface area contributed by atoms with E-state index < -0.39 is 0 Å². The summed E-state index contributed by atoms with van der Waals surface area (Å²) in [7, 11) is 0. The zero-order valence-electron chi connectivity index (χ0n) is 20.1. The molecule has 0 aliphatic heterocycles. The second kappa shape index (κ2) is 11.1. The van der Waals surface area contributed by atoms with Gasteiger partial charge >= 0.3 is 0 Å². The fraction of sp³-hybridized carbons (Fsp3) is 0.250. The lowest BCUT2D eigenvalue weighted by atomic mass is 10.0. The van der Waals surface area contributed by atoms with Crippen molar-refractivity contribution >= 4 is 40.0 Å². The van der Waals surface area contributed by atoms with E-state index in [1.807, 2.05) is 54.6 Å². The van der Waals surface area contributed by atoms with Crippen molar-refractivity contribution in [3.63, 3.8) is 0 Å². The number of ether oxygens (including phenoxy) is 1. The Bertz CT molecular complexity index is 1310. The molecule has 0 spiro atoms. The average Bonchev–Trinajstić information content (AvgIpc) is 3.25. The van der Waals surface area contributed by atoms with Gasteiger partial charge in [-0.25, -0.2) is 4.98 Å². The number of aromatic nitrogens is 1. The van der Waals surface area contributed by atoms with Gasteiger partial charge in [-0.15, -0.1) is 0 Å². The Morgan fingerprint density at radius 1 is 1.03 bits per heavy atom. The largest absolute Gasteiger partial charge is 0.484 e. The fourth-order valence-corrected chi connectivity index (χ4v) is 3.85. The van der Waals surface area contributed by atoms with Crippen LogP contribution in [0.1, 0.15) is 49.3 Å². The number of hydrogen-bond donors (Lipinski definition) is 2. The van der Waals surface area contributed by atoms with Gasteiger partial charge in [0.15, 0.2) is 23.2 Å². The van der Waals surface area contributed by atoms with Crippen molar-refractivity contribution in [2.45, 2.75) is 39.5 Å². The van der Waals surface area contributed by atoms with E-state index in [0.29, 0.717) is 24.0 Å². The van der Waals surface area contributed by atoms with Crippen LogP contribution in [0.15, 0.2) is 71.1 Å². The van der Waals surface area contributed by atoms with Gasteiger partial charge in [-0.3, -0.25) is 10.1 Å². The highest BCUT2D eigenvalue weighted by molar-refractivity contribution is 7.80. The number of aryl methyl sites for hydroxylation is 1. The lowest BCUT2D eigenvalue weighted by Gasteiger charge is -2.11. The molecule has 0 saturated heterocycles. The normalized spacial score (nSPS) is 11.0. The number of nitrogens with one attached hydrogen (secondary N) is 2. The molecule has 2 N–H and O–H groups in total. The lowest BCUT2D eigenvalue weighted by molar-refractivity contribution is -0.121. The summed E-state index contributed by atoms with van der Waals surface area (Å²) in [6.45, 7) is 6.26. The van der Waals surface area contributed by atoms with Crippen LogP contribution < -0.4 is 15.4 Å². The van der Waals surface area contributed by atoms with Crippen LogP contribution in [-0.2, 0) is 17.6 Å². The maximum absolute atomic E-state index is 12.2. The van der Waals surface area contributed by atoms with Crippen LogP contribution in [0.2, 0.25) is 0 Å². The number of fused-ring (bicyclic) bond motifs is 1. The zero-order chi connectivity index (χ0) is 24.8. The molecule has 3 aromatic carbocycles. The first-order valence-corrected chi connectivity index (χ1v) is 12.1. The smallest absolute Gasteiger partial charge is 0.264 e. The van der Waals surface area contributed by atoms with Crippen molar-refractivity contribution in [2.75, 3.05) is 11.9 Å². The number of rotatable bonds is 8. The number of nitrogens with zero attached hydrogens (tertiary/aromatic N) is 1. The summed E-state index contributed by atoms with van der Waals surface area (Å²) >= 11 is 5.26. The van der Waals surface area contributed by atoms with Gasteiger partial charge in [-0.1, -0.05) is 51.1 Å². The summed E-state index contributed by atoms with van der Waals surface area (Å²) in [6.07, 6.45) is 1.56. The maximum Gasteiger partial charge on any atom is 0.264 e. The van der Waals surface area contributed by atoms with Crippen molar-refractivity contribution in [3.8, 4) is 5.75 Å². The van der Waals surface area contributed by atoms with Gasteiger partial charge in [0.2, 0.25) is 0 Å². The van der Waals surface area contributed by atoms with Crippen molar-refractivity contribution in [1.82, 2.24) is 10.3 Å². The molecule has 0 fully saturated rings. The van der Waals surface area contributed by atoms with E-state index in [1.165, 1.54) is 11.1 Å². The number of oxazole rings is 1. The van der Waals surface area contributed by atoms with Crippen molar-refractivity contribution in [2.24, 2.45) is 0 Å². The Hall–Kier alpha value is -3.71. The first-order chi connectivity index (χ1) is 16.9. The van der Waals surface area contributed by atoms with Crippen LogP contribution in [-0.4, -0.2) is 22.6 Å². The first-order valence-electron chi connectivity index (χ1n) is 11.7. The van der Waals surface area contributed by atoms with Gasteiger partial charge in [0.1, 0.15) is 11.3 Å². The van der Waals surface area contributed by atoms with Gasteiger partial charge < -0.3 is 14.5 Å². The second-order valence-electron chi connectivity index (χ2n) is 8.65. The van der Waals surface area contributed by atoms with Crippen LogP contribution in [0.3, 0.4) is 0 Å². The second-order valence-corrected chi connectivity index (χ2v) is 9.06. The molecule has 0 atom stereocenters. The number of benzene rings is 3. The van der Waals surface area contributed by atoms with E-state index in [-0.39, 0.29) is 17.6 Å². The standard InChI is InChI=1S/C28H29N3O3S/c1-4-19-7-14-25-24(15-19)30-27(34-25)16-20-5-10-22(11-6-20)29-28(35)31-26(32)17-33-23-12-8-21(9-13-23)18(2)3/h5-15,18H,4,16-17H2,1-3H3,(H2,29,31,32,35). The number of carbonyl (C=O) groups excluding carboxylic acids is 1. The lowest BCUT2D eigenvalue weighted by Crippen LogP contribution is -2.37. The molecule has 0 saturated carbocycles. The van der Waals surface area contributed by atoms with E-state index in [1.54, 1.807) is 0 Å². The number of thiocarbonyl (C=S) groups is 1. The minimum atomic E-state index is -0.325. The third kappa shape index (κ3) is 6.67. The number of amides is 1. The molecule has 4 aromatic rings. The molecule has 0 unspecified atom stereocenters. The third-order valence-corrected chi connectivity index (χ3v) is 5.85. The summed E-state index contributed by atoms with van der Waals surface area (Å²) in [4.78, 5) is 16.8. The van der Waals surface area contributed by atoms with E-state index >= 15 is 0 Å².